The summed E-state index contributed by atoms with van der Waals surface area (Å²) in [5.74, 6) is 1.21. The summed E-state index contributed by atoms with van der Waals surface area (Å²) in [5.41, 5.74) is 2.96. The van der Waals surface area contributed by atoms with E-state index in [0.717, 1.165) is 22.2 Å². The van der Waals surface area contributed by atoms with E-state index in [9.17, 15) is 8.42 Å². The number of rotatable bonds is 6. The first-order valence-electron chi connectivity index (χ1n) is 10.2. The van der Waals surface area contributed by atoms with E-state index in [-0.39, 0.29) is 4.90 Å². The van der Waals surface area contributed by atoms with Crippen molar-refractivity contribution in [1.82, 2.24) is 9.97 Å². The fourth-order valence-corrected chi connectivity index (χ4v) is 4.54. The van der Waals surface area contributed by atoms with Crippen molar-refractivity contribution in [2.45, 2.75) is 11.8 Å². The van der Waals surface area contributed by atoms with Crippen molar-refractivity contribution in [3.63, 3.8) is 0 Å². The lowest BCUT2D eigenvalue weighted by Crippen LogP contribution is -2.13. The molecule has 0 saturated carbocycles. The Kier molecular flexibility index (Phi) is 5.27. The van der Waals surface area contributed by atoms with Crippen LogP contribution in [-0.2, 0) is 10.0 Å². The highest BCUT2D eigenvalue weighted by atomic mass is 32.2. The quantitative estimate of drug-likeness (QED) is 0.347. The van der Waals surface area contributed by atoms with Crippen LogP contribution in [-0.4, -0.2) is 18.4 Å². The number of aryl methyl sites for hydroxylation is 1. The van der Waals surface area contributed by atoms with Gasteiger partial charge in [0.25, 0.3) is 10.0 Å². The standard InChI is InChI=1S/C25H20N4O3S/c1-18-6-12-22(13-7-18)33(30,31)28-20-8-10-21(11-9-20)29(24-14-15-26-17-27-24)25-16-19-4-2-3-5-23(19)32-25/h2-17,28H,1H3. The number of sulfonamides is 1. The normalized spacial score (nSPS) is 11.4. The lowest BCUT2D eigenvalue weighted by Gasteiger charge is -2.21. The summed E-state index contributed by atoms with van der Waals surface area (Å²) in [6.07, 6.45) is 3.12. The Morgan fingerprint density at radius 2 is 1.67 bits per heavy atom. The van der Waals surface area contributed by atoms with E-state index in [1.165, 1.54) is 6.33 Å². The molecule has 2 aromatic heterocycles. The van der Waals surface area contributed by atoms with E-state index in [0.29, 0.717) is 17.4 Å². The minimum Gasteiger partial charge on any atom is -0.440 e. The minimum absolute atomic E-state index is 0.210. The van der Waals surface area contributed by atoms with E-state index in [4.69, 9.17) is 4.42 Å². The second-order valence-corrected chi connectivity index (χ2v) is 9.17. The van der Waals surface area contributed by atoms with Crippen LogP contribution in [0.4, 0.5) is 23.1 Å². The predicted molar refractivity (Wildman–Crippen MR) is 128 cm³/mol. The Morgan fingerprint density at radius 1 is 0.909 bits per heavy atom. The maximum atomic E-state index is 12.7. The molecule has 8 heteroatoms. The molecule has 1 N–H and O–H groups in total. The first kappa shape index (κ1) is 20.7. The molecular weight excluding hydrogens is 436 g/mol. The van der Waals surface area contributed by atoms with Crippen LogP contribution in [0.2, 0.25) is 0 Å². The number of fused-ring (bicyclic) bond motifs is 1. The Morgan fingerprint density at radius 3 is 2.36 bits per heavy atom. The molecule has 3 aromatic carbocycles. The van der Waals surface area contributed by atoms with Crippen molar-refractivity contribution in [2.75, 3.05) is 9.62 Å². The predicted octanol–water partition coefficient (Wildman–Crippen LogP) is 5.80. The summed E-state index contributed by atoms with van der Waals surface area (Å²) in [6, 6.07) is 25.2. The van der Waals surface area contributed by atoms with E-state index < -0.39 is 10.0 Å². The average Bonchev–Trinajstić information content (AvgIpc) is 3.25. The first-order chi connectivity index (χ1) is 16.0. The van der Waals surface area contributed by atoms with E-state index in [1.807, 2.05) is 54.3 Å². The van der Waals surface area contributed by atoms with Crippen LogP contribution in [0.3, 0.4) is 0 Å². The fraction of sp³-hybridized carbons (Fsp3) is 0.0400. The molecule has 0 amide bonds. The van der Waals surface area contributed by atoms with Crippen LogP contribution in [0.1, 0.15) is 5.56 Å². The molecule has 0 aliphatic heterocycles. The van der Waals surface area contributed by atoms with Gasteiger partial charge in [0.1, 0.15) is 17.7 Å². The third-order valence-electron chi connectivity index (χ3n) is 5.14. The van der Waals surface area contributed by atoms with Crippen LogP contribution in [0.5, 0.6) is 0 Å². The van der Waals surface area contributed by atoms with Gasteiger partial charge in [-0.25, -0.2) is 18.4 Å². The number of nitrogens with one attached hydrogen (secondary N) is 1. The summed E-state index contributed by atoms with van der Waals surface area (Å²) in [7, 11) is -3.69. The van der Waals surface area contributed by atoms with Gasteiger partial charge in [0.15, 0.2) is 0 Å². The topological polar surface area (TPSA) is 88.3 Å². The second-order valence-electron chi connectivity index (χ2n) is 7.49. The Hall–Kier alpha value is -4.17. The largest absolute Gasteiger partial charge is 0.440 e. The van der Waals surface area contributed by atoms with Gasteiger partial charge in [-0.05, 0) is 55.5 Å². The monoisotopic (exact) mass is 456 g/mol. The number of furan rings is 1. The fourth-order valence-electron chi connectivity index (χ4n) is 3.48. The Bertz CT molecular complexity index is 1460. The van der Waals surface area contributed by atoms with E-state index >= 15 is 0 Å². The Balaban J connectivity index is 1.48. The van der Waals surface area contributed by atoms with Gasteiger partial charge in [0, 0.05) is 23.3 Å². The van der Waals surface area contributed by atoms with Gasteiger partial charge in [0.05, 0.1) is 10.6 Å². The van der Waals surface area contributed by atoms with Crippen molar-refractivity contribution in [3.8, 4) is 0 Å². The molecule has 0 saturated heterocycles. The molecule has 164 valence electrons. The molecule has 0 atom stereocenters. The van der Waals surface area contributed by atoms with Crippen molar-refractivity contribution in [2.24, 2.45) is 0 Å². The number of hydrogen-bond acceptors (Lipinski definition) is 6. The summed E-state index contributed by atoms with van der Waals surface area (Å²) in [6.45, 7) is 1.91. The Labute approximate surface area is 191 Å². The number of para-hydroxylation sites is 1. The van der Waals surface area contributed by atoms with Crippen LogP contribution in [0, 0.1) is 6.92 Å². The zero-order chi connectivity index (χ0) is 22.8. The highest BCUT2D eigenvalue weighted by Gasteiger charge is 2.19. The van der Waals surface area contributed by atoms with Gasteiger partial charge in [-0.1, -0.05) is 35.9 Å². The number of nitrogens with zero attached hydrogens (tertiary/aromatic N) is 3. The number of aromatic nitrogens is 2. The summed E-state index contributed by atoms with van der Waals surface area (Å²) in [4.78, 5) is 10.4. The van der Waals surface area contributed by atoms with E-state index in [1.54, 1.807) is 48.7 Å². The van der Waals surface area contributed by atoms with Gasteiger partial charge >= 0.3 is 0 Å². The summed E-state index contributed by atoms with van der Waals surface area (Å²) < 4.78 is 34.1. The lowest BCUT2D eigenvalue weighted by molar-refractivity contribution is 0.601. The number of benzene rings is 3. The van der Waals surface area contributed by atoms with Gasteiger partial charge in [-0.3, -0.25) is 9.62 Å². The van der Waals surface area contributed by atoms with Gasteiger partial charge in [-0.15, -0.1) is 0 Å². The van der Waals surface area contributed by atoms with Crippen LogP contribution < -0.4 is 9.62 Å². The minimum atomic E-state index is -3.69. The molecule has 5 aromatic rings. The maximum Gasteiger partial charge on any atom is 0.261 e. The van der Waals surface area contributed by atoms with Crippen LogP contribution >= 0.6 is 0 Å². The molecule has 7 nitrogen and oxygen atoms in total. The highest BCUT2D eigenvalue weighted by Crippen LogP contribution is 2.37. The smallest absolute Gasteiger partial charge is 0.261 e. The average molecular weight is 457 g/mol. The SMILES string of the molecule is Cc1ccc(S(=O)(=O)Nc2ccc(N(c3ccncn3)c3cc4ccccc4o3)cc2)cc1. The zero-order valence-corrected chi connectivity index (χ0v) is 18.5. The molecular formula is C25H20N4O3S. The third-order valence-corrected chi connectivity index (χ3v) is 6.53. The van der Waals surface area contributed by atoms with Crippen molar-refractivity contribution in [3.05, 3.63) is 103 Å². The number of hydrogen-bond donors (Lipinski definition) is 1. The van der Waals surface area contributed by atoms with Crippen molar-refractivity contribution < 1.29 is 12.8 Å². The van der Waals surface area contributed by atoms with Gasteiger partial charge in [-0.2, -0.15) is 0 Å². The molecule has 0 radical (unpaired) electrons. The summed E-state index contributed by atoms with van der Waals surface area (Å²) >= 11 is 0. The highest BCUT2D eigenvalue weighted by molar-refractivity contribution is 7.92. The molecule has 0 spiro atoms. The molecule has 2 heterocycles. The first-order valence-corrected chi connectivity index (χ1v) is 11.7. The zero-order valence-electron chi connectivity index (χ0n) is 17.7. The van der Waals surface area contributed by atoms with Crippen LogP contribution in [0.25, 0.3) is 11.0 Å². The maximum absolute atomic E-state index is 12.7. The van der Waals surface area contributed by atoms with Crippen LogP contribution in [0.15, 0.2) is 107 Å². The summed E-state index contributed by atoms with van der Waals surface area (Å²) in [5, 5.41) is 0.967. The van der Waals surface area contributed by atoms with E-state index in [2.05, 4.69) is 14.7 Å². The molecule has 0 bridgehead atoms. The molecule has 5 rings (SSSR count). The molecule has 0 fully saturated rings. The number of anilines is 4. The second kappa shape index (κ2) is 8.40. The molecule has 0 aliphatic rings. The van der Waals surface area contributed by atoms with Gasteiger partial charge < -0.3 is 4.42 Å². The van der Waals surface area contributed by atoms with Gasteiger partial charge in [0.2, 0.25) is 5.88 Å². The molecule has 0 unspecified atom stereocenters. The van der Waals surface area contributed by atoms with Crippen molar-refractivity contribution >= 4 is 44.1 Å². The molecule has 0 aliphatic carbocycles. The van der Waals surface area contributed by atoms with Crippen molar-refractivity contribution in [1.29, 1.82) is 0 Å². The third kappa shape index (κ3) is 4.28. The lowest BCUT2D eigenvalue weighted by atomic mass is 10.2. The molecule has 33 heavy (non-hydrogen) atoms.